The van der Waals surface area contributed by atoms with Crippen molar-refractivity contribution in [2.45, 2.75) is 6.42 Å². The van der Waals surface area contributed by atoms with Gasteiger partial charge in [-0.15, -0.1) is 11.6 Å². The second-order valence-electron chi connectivity index (χ2n) is 3.06. The number of rotatable bonds is 4. The SMILES string of the molecule is CN(CCCCl)c1cc(Br)ccc1F. The van der Waals surface area contributed by atoms with E-state index in [-0.39, 0.29) is 5.82 Å². The normalized spacial score (nSPS) is 10.3. The molecule has 0 unspecified atom stereocenters. The van der Waals surface area contributed by atoms with E-state index in [1.807, 2.05) is 11.9 Å². The molecule has 0 amide bonds. The molecule has 0 aromatic heterocycles. The number of nitrogens with zero attached hydrogens (tertiary/aromatic N) is 1. The predicted octanol–water partition coefficient (Wildman–Crippen LogP) is 3.65. The highest BCUT2D eigenvalue weighted by molar-refractivity contribution is 9.10. The average molecular weight is 281 g/mol. The van der Waals surface area contributed by atoms with Gasteiger partial charge in [0.25, 0.3) is 0 Å². The molecular weight excluding hydrogens is 268 g/mol. The Balaban J connectivity index is 2.77. The molecular formula is C10H12BrClFN. The van der Waals surface area contributed by atoms with Gasteiger partial charge in [0.15, 0.2) is 0 Å². The maximum Gasteiger partial charge on any atom is 0.146 e. The van der Waals surface area contributed by atoms with Crippen LogP contribution in [0.1, 0.15) is 6.42 Å². The lowest BCUT2D eigenvalue weighted by atomic mass is 10.2. The van der Waals surface area contributed by atoms with Gasteiger partial charge in [-0.05, 0) is 24.6 Å². The summed E-state index contributed by atoms with van der Waals surface area (Å²) in [6, 6.07) is 4.91. The molecule has 1 aromatic carbocycles. The van der Waals surface area contributed by atoms with Crippen molar-refractivity contribution in [3.05, 3.63) is 28.5 Å². The van der Waals surface area contributed by atoms with Crippen molar-refractivity contribution >= 4 is 33.2 Å². The van der Waals surface area contributed by atoms with Crippen LogP contribution >= 0.6 is 27.5 Å². The van der Waals surface area contributed by atoms with Gasteiger partial charge < -0.3 is 4.90 Å². The quantitative estimate of drug-likeness (QED) is 0.761. The average Bonchev–Trinajstić information content (AvgIpc) is 2.18. The molecule has 0 heterocycles. The van der Waals surface area contributed by atoms with E-state index in [1.54, 1.807) is 12.1 Å². The molecule has 0 atom stereocenters. The van der Waals surface area contributed by atoms with Crippen molar-refractivity contribution in [3.63, 3.8) is 0 Å². The van der Waals surface area contributed by atoms with Crippen molar-refractivity contribution in [3.8, 4) is 0 Å². The monoisotopic (exact) mass is 279 g/mol. The molecule has 0 aliphatic carbocycles. The predicted molar refractivity (Wildman–Crippen MR) is 62.7 cm³/mol. The van der Waals surface area contributed by atoms with Crippen molar-refractivity contribution < 1.29 is 4.39 Å². The van der Waals surface area contributed by atoms with Crippen molar-refractivity contribution in [1.82, 2.24) is 0 Å². The molecule has 78 valence electrons. The highest BCUT2D eigenvalue weighted by Gasteiger charge is 2.07. The van der Waals surface area contributed by atoms with Crippen LogP contribution in [0, 0.1) is 5.82 Å². The summed E-state index contributed by atoms with van der Waals surface area (Å²) in [5.41, 5.74) is 0.601. The highest BCUT2D eigenvalue weighted by Crippen LogP contribution is 2.22. The first kappa shape index (κ1) is 11.8. The summed E-state index contributed by atoms with van der Waals surface area (Å²) < 4.78 is 14.2. The Morgan fingerprint density at radius 1 is 1.50 bits per heavy atom. The van der Waals surface area contributed by atoms with E-state index in [9.17, 15) is 4.39 Å². The van der Waals surface area contributed by atoms with Gasteiger partial charge in [-0.25, -0.2) is 4.39 Å². The summed E-state index contributed by atoms with van der Waals surface area (Å²) >= 11 is 8.89. The highest BCUT2D eigenvalue weighted by atomic mass is 79.9. The largest absolute Gasteiger partial charge is 0.372 e. The van der Waals surface area contributed by atoms with Gasteiger partial charge in [0, 0.05) is 23.9 Å². The third-order valence-electron chi connectivity index (χ3n) is 1.95. The molecule has 0 N–H and O–H groups in total. The van der Waals surface area contributed by atoms with E-state index < -0.39 is 0 Å². The minimum Gasteiger partial charge on any atom is -0.372 e. The van der Waals surface area contributed by atoms with Crippen LogP contribution in [0.4, 0.5) is 10.1 Å². The van der Waals surface area contributed by atoms with E-state index in [4.69, 9.17) is 11.6 Å². The van der Waals surface area contributed by atoms with Gasteiger partial charge in [-0.2, -0.15) is 0 Å². The van der Waals surface area contributed by atoms with E-state index in [0.717, 1.165) is 17.4 Å². The molecule has 0 aliphatic rings. The topological polar surface area (TPSA) is 3.24 Å². The standard InChI is InChI=1S/C10H12BrClFN/c1-14(6-2-5-12)10-7-8(11)3-4-9(10)13/h3-4,7H,2,5-6H2,1H3. The summed E-state index contributed by atoms with van der Waals surface area (Å²) in [7, 11) is 1.86. The molecule has 0 saturated carbocycles. The van der Waals surface area contributed by atoms with E-state index in [2.05, 4.69) is 15.9 Å². The summed E-state index contributed by atoms with van der Waals surface area (Å²) in [5.74, 6) is 0.394. The molecule has 0 spiro atoms. The second kappa shape index (κ2) is 5.56. The molecule has 0 saturated heterocycles. The molecule has 0 aliphatic heterocycles. The van der Waals surface area contributed by atoms with Gasteiger partial charge in [-0.3, -0.25) is 0 Å². The number of benzene rings is 1. The Kier molecular flexibility index (Phi) is 4.69. The van der Waals surface area contributed by atoms with E-state index in [1.165, 1.54) is 6.07 Å². The first-order valence-electron chi connectivity index (χ1n) is 4.37. The van der Waals surface area contributed by atoms with Gasteiger partial charge in [0.05, 0.1) is 5.69 Å². The second-order valence-corrected chi connectivity index (χ2v) is 4.35. The Bertz CT molecular complexity index is 306. The maximum atomic E-state index is 13.4. The fourth-order valence-electron chi connectivity index (χ4n) is 1.20. The van der Waals surface area contributed by atoms with Gasteiger partial charge >= 0.3 is 0 Å². The minimum absolute atomic E-state index is 0.203. The van der Waals surface area contributed by atoms with Gasteiger partial charge in [-0.1, -0.05) is 15.9 Å². The molecule has 0 bridgehead atoms. The first-order valence-corrected chi connectivity index (χ1v) is 5.70. The number of hydrogen-bond donors (Lipinski definition) is 0. The lowest BCUT2D eigenvalue weighted by Crippen LogP contribution is -2.19. The Morgan fingerprint density at radius 2 is 2.21 bits per heavy atom. The summed E-state index contributed by atoms with van der Waals surface area (Å²) in [4.78, 5) is 1.86. The van der Waals surface area contributed by atoms with Crippen LogP contribution < -0.4 is 4.90 Å². The molecule has 4 heteroatoms. The van der Waals surface area contributed by atoms with Crippen LogP contribution in [0.5, 0.6) is 0 Å². The van der Waals surface area contributed by atoms with Crippen molar-refractivity contribution in [1.29, 1.82) is 0 Å². The third-order valence-corrected chi connectivity index (χ3v) is 2.71. The van der Waals surface area contributed by atoms with Crippen molar-refractivity contribution in [2.24, 2.45) is 0 Å². The zero-order valence-electron chi connectivity index (χ0n) is 7.93. The van der Waals surface area contributed by atoms with Crippen LogP contribution in [-0.2, 0) is 0 Å². The van der Waals surface area contributed by atoms with Gasteiger partial charge in [0.2, 0.25) is 0 Å². The molecule has 1 nitrogen and oxygen atoms in total. The lowest BCUT2D eigenvalue weighted by molar-refractivity contribution is 0.621. The first-order chi connectivity index (χ1) is 6.65. The molecule has 1 rings (SSSR count). The van der Waals surface area contributed by atoms with E-state index >= 15 is 0 Å². The Morgan fingerprint density at radius 3 is 2.86 bits per heavy atom. The fourth-order valence-corrected chi connectivity index (χ4v) is 1.66. The lowest BCUT2D eigenvalue weighted by Gasteiger charge is -2.19. The summed E-state index contributed by atoms with van der Waals surface area (Å²) in [6.07, 6.45) is 0.851. The maximum absolute atomic E-state index is 13.4. The zero-order chi connectivity index (χ0) is 10.6. The molecule has 0 radical (unpaired) electrons. The van der Waals surface area contributed by atoms with Crippen molar-refractivity contribution in [2.75, 3.05) is 24.4 Å². The van der Waals surface area contributed by atoms with E-state index in [0.29, 0.717) is 11.6 Å². The van der Waals surface area contributed by atoms with Crippen LogP contribution in [0.15, 0.2) is 22.7 Å². The van der Waals surface area contributed by atoms with Crippen LogP contribution in [0.25, 0.3) is 0 Å². The number of alkyl halides is 1. The summed E-state index contributed by atoms with van der Waals surface area (Å²) in [6.45, 7) is 0.761. The Hall–Kier alpha value is -0.280. The number of halogens is 3. The Labute approximate surface area is 97.0 Å². The number of anilines is 1. The third kappa shape index (κ3) is 3.14. The fraction of sp³-hybridized carbons (Fsp3) is 0.400. The van der Waals surface area contributed by atoms with Crippen LogP contribution in [0.3, 0.4) is 0 Å². The molecule has 14 heavy (non-hydrogen) atoms. The minimum atomic E-state index is -0.203. The molecule has 1 aromatic rings. The van der Waals surface area contributed by atoms with Crippen LogP contribution in [0.2, 0.25) is 0 Å². The number of hydrogen-bond acceptors (Lipinski definition) is 1. The van der Waals surface area contributed by atoms with Gasteiger partial charge in [0.1, 0.15) is 5.82 Å². The smallest absolute Gasteiger partial charge is 0.146 e. The zero-order valence-corrected chi connectivity index (χ0v) is 10.3. The summed E-state index contributed by atoms with van der Waals surface area (Å²) in [5, 5.41) is 0. The van der Waals surface area contributed by atoms with Crippen LogP contribution in [-0.4, -0.2) is 19.5 Å². The molecule has 0 fully saturated rings.